The van der Waals surface area contributed by atoms with Gasteiger partial charge >= 0.3 is 6.36 Å². The number of hydrogen-bond donors (Lipinski definition) is 2. The zero-order valence-corrected chi connectivity index (χ0v) is 27.0. The van der Waals surface area contributed by atoms with Crippen molar-refractivity contribution in [3.63, 3.8) is 0 Å². The minimum atomic E-state index is -4.77. The number of rotatable bonds is 10. The van der Waals surface area contributed by atoms with E-state index in [9.17, 15) is 13.2 Å². The fourth-order valence-corrected chi connectivity index (χ4v) is 6.01. The van der Waals surface area contributed by atoms with Crippen molar-refractivity contribution in [2.45, 2.75) is 31.7 Å². The molecule has 0 aromatic heterocycles. The number of hydrazine groups is 1. The quantitative estimate of drug-likeness (QED) is 0.165. The molecule has 2 heterocycles. The molecule has 0 bridgehead atoms. The SMILES string of the molecule is FC(F)(F)Oc1ccc(CN(c2ccc(C3CNCCO3)cc2)N(Cc2ccc(Cl)c(Cl)c2)c2ccc(C3CNCCO3)cc2)cc1. The predicted octanol–water partition coefficient (Wildman–Crippen LogP) is 7.84. The molecule has 2 saturated heterocycles. The number of halogens is 5. The Balaban J connectivity index is 1.37. The highest BCUT2D eigenvalue weighted by molar-refractivity contribution is 6.42. The summed E-state index contributed by atoms with van der Waals surface area (Å²) in [6.45, 7) is 5.16. The van der Waals surface area contributed by atoms with Crippen molar-refractivity contribution in [2.24, 2.45) is 0 Å². The van der Waals surface area contributed by atoms with E-state index in [1.165, 1.54) is 12.1 Å². The second-order valence-electron chi connectivity index (χ2n) is 11.4. The summed E-state index contributed by atoms with van der Waals surface area (Å²) in [7, 11) is 0. The van der Waals surface area contributed by atoms with E-state index in [2.05, 4.69) is 37.5 Å². The van der Waals surface area contributed by atoms with E-state index in [1.54, 1.807) is 18.2 Å². The van der Waals surface area contributed by atoms with Gasteiger partial charge in [0.05, 0.1) is 59.9 Å². The topological polar surface area (TPSA) is 58.2 Å². The third kappa shape index (κ3) is 8.90. The predicted molar refractivity (Wildman–Crippen MR) is 178 cm³/mol. The Morgan fingerprint density at radius 2 is 1.15 bits per heavy atom. The minimum absolute atomic E-state index is 0.0427. The van der Waals surface area contributed by atoms with Gasteiger partial charge in [0, 0.05) is 26.2 Å². The molecular formula is C35H35Cl2F3N4O3. The van der Waals surface area contributed by atoms with Crippen LogP contribution >= 0.6 is 23.2 Å². The first-order chi connectivity index (χ1) is 22.7. The third-order valence-corrected chi connectivity index (χ3v) is 8.82. The Bertz CT molecular complexity index is 1600. The Labute approximate surface area is 282 Å². The molecule has 4 aromatic rings. The molecule has 47 heavy (non-hydrogen) atoms. The minimum Gasteiger partial charge on any atom is -0.406 e. The monoisotopic (exact) mass is 686 g/mol. The molecule has 2 aliphatic rings. The molecule has 12 heteroatoms. The van der Waals surface area contributed by atoms with Gasteiger partial charge in [-0.05, 0) is 70.8 Å². The fourth-order valence-electron chi connectivity index (χ4n) is 5.69. The fraction of sp³-hybridized carbons (Fsp3) is 0.314. The first kappa shape index (κ1) is 33.4. The number of benzene rings is 4. The third-order valence-electron chi connectivity index (χ3n) is 8.08. The molecule has 2 aliphatic heterocycles. The Morgan fingerprint density at radius 3 is 1.60 bits per heavy atom. The van der Waals surface area contributed by atoms with E-state index < -0.39 is 6.36 Å². The highest BCUT2D eigenvalue weighted by Crippen LogP contribution is 2.32. The van der Waals surface area contributed by atoms with Crippen molar-refractivity contribution in [1.29, 1.82) is 0 Å². The van der Waals surface area contributed by atoms with E-state index in [-0.39, 0.29) is 18.0 Å². The maximum atomic E-state index is 12.9. The van der Waals surface area contributed by atoms with Gasteiger partial charge in [-0.3, -0.25) is 10.0 Å². The van der Waals surface area contributed by atoms with Crippen LogP contribution < -0.4 is 25.4 Å². The molecule has 2 atom stereocenters. The number of hydrogen-bond acceptors (Lipinski definition) is 7. The van der Waals surface area contributed by atoms with Crippen LogP contribution in [0.5, 0.6) is 5.75 Å². The van der Waals surface area contributed by atoms with Crippen molar-refractivity contribution in [1.82, 2.24) is 10.6 Å². The molecule has 4 aromatic carbocycles. The Hall–Kier alpha value is -3.51. The number of ether oxygens (including phenoxy) is 3. The van der Waals surface area contributed by atoms with Gasteiger partial charge in [0.2, 0.25) is 0 Å². The molecule has 2 fully saturated rings. The molecule has 2 N–H and O–H groups in total. The Morgan fingerprint density at radius 1 is 0.660 bits per heavy atom. The summed E-state index contributed by atoms with van der Waals surface area (Å²) >= 11 is 12.7. The number of nitrogens with zero attached hydrogens (tertiary/aromatic N) is 2. The molecule has 0 saturated carbocycles. The maximum Gasteiger partial charge on any atom is 0.573 e. The van der Waals surface area contributed by atoms with Crippen LogP contribution in [-0.4, -0.2) is 45.8 Å². The van der Waals surface area contributed by atoms with Crippen LogP contribution in [0, 0.1) is 0 Å². The van der Waals surface area contributed by atoms with Crippen molar-refractivity contribution in [3.05, 3.63) is 123 Å². The molecule has 7 nitrogen and oxygen atoms in total. The van der Waals surface area contributed by atoms with Gasteiger partial charge in [-0.15, -0.1) is 13.2 Å². The molecule has 0 amide bonds. The Kier molecular flexibility index (Phi) is 10.8. The number of morpholine rings is 2. The van der Waals surface area contributed by atoms with Gasteiger partial charge in [-0.1, -0.05) is 65.7 Å². The molecule has 0 radical (unpaired) electrons. The van der Waals surface area contributed by atoms with E-state index in [0.29, 0.717) is 36.3 Å². The first-order valence-electron chi connectivity index (χ1n) is 15.4. The largest absolute Gasteiger partial charge is 0.573 e. The van der Waals surface area contributed by atoms with Gasteiger partial charge in [-0.25, -0.2) is 0 Å². The van der Waals surface area contributed by atoms with Crippen LogP contribution in [0.2, 0.25) is 10.0 Å². The van der Waals surface area contributed by atoms with Crippen molar-refractivity contribution < 1.29 is 27.4 Å². The highest BCUT2D eigenvalue weighted by Gasteiger charge is 2.31. The smallest absolute Gasteiger partial charge is 0.406 e. The summed E-state index contributed by atoms with van der Waals surface area (Å²) in [5.41, 5.74) is 5.58. The van der Waals surface area contributed by atoms with Gasteiger partial charge < -0.3 is 24.8 Å². The standard InChI is InChI=1S/C35H35Cl2F3N4O3/c36-31-14-3-25(19-32(31)37)23-44(29-10-6-27(7-11-29)34-21-42-16-18-46-34)43(22-24-1-12-30(13-2-24)47-35(38,39)40)28-8-4-26(5-9-28)33-20-41-15-17-45-33/h1-14,19,33-34,41-42H,15-18,20-23H2. The summed E-state index contributed by atoms with van der Waals surface area (Å²) in [5, 5.41) is 11.9. The average Bonchev–Trinajstić information content (AvgIpc) is 3.09. The first-order valence-corrected chi connectivity index (χ1v) is 16.2. The van der Waals surface area contributed by atoms with Gasteiger partial charge in [0.15, 0.2) is 0 Å². The lowest BCUT2D eigenvalue weighted by molar-refractivity contribution is -0.274. The van der Waals surface area contributed by atoms with E-state index >= 15 is 0 Å². The lowest BCUT2D eigenvalue weighted by atomic mass is 10.1. The van der Waals surface area contributed by atoms with Gasteiger partial charge in [0.1, 0.15) is 5.75 Å². The van der Waals surface area contributed by atoms with Gasteiger partial charge in [-0.2, -0.15) is 0 Å². The van der Waals surface area contributed by atoms with E-state index in [4.69, 9.17) is 32.7 Å². The molecular weight excluding hydrogens is 652 g/mol. The average molecular weight is 688 g/mol. The second kappa shape index (κ2) is 15.1. The summed E-state index contributed by atoms with van der Waals surface area (Å²) in [4.78, 5) is 0. The van der Waals surface area contributed by atoms with Crippen LogP contribution in [-0.2, 0) is 22.6 Å². The number of anilines is 2. The van der Waals surface area contributed by atoms with Crippen molar-refractivity contribution >= 4 is 34.6 Å². The molecule has 248 valence electrons. The van der Waals surface area contributed by atoms with E-state index in [0.717, 1.165) is 59.8 Å². The van der Waals surface area contributed by atoms with Crippen LogP contribution in [0.1, 0.15) is 34.5 Å². The molecule has 0 spiro atoms. The molecule has 2 unspecified atom stereocenters. The molecule has 0 aliphatic carbocycles. The lowest BCUT2D eigenvalue weighted by Crippen LogP contribution is -2.42. The summed E-state index contributed by atoms with van der Waals surface area (Å²) in [6.07, 6.45) is -4.86. The van der Waals surface area contributed by atoms with Crippen LogP contribution in [0.4, 0.5) is 24.5 Å². The van der Waals surface area contributed by atoms with Crippen LogP contribution in [0.15, 0.2) is 91.0 Å². The van der Waals surface area contributed by atoms with Gasteiger partial charge in [0.25, 0.3) is 0 Å². The zero-order chi connectivity index (χ0) is 32.8. The van der Waals surface area contributed by atoms with Crippen molar-refractivity contribution in [3.8, 4) is 5.75 Å². The van der Waals surface area contributed by atoms with Crippen LogP contribution in [0.25, 0.3) is 0 Å². The lowest BCUT2D eigenvalue weighted by Gasteiger charge is -2.39. The summed E-state index contributed by atoms with van der Waals surface area (Å²) < 4.78 is 54.6. The molecule has 6 rings (SSSR count). The summed E-state index contributed by atoms with van der Waals surface area (Å²) in [6, 6.07) is 27.9. The van der Waals surface area contributed by atoms with E-state index in [1.807, 2.05) is 48.5 Å². The maximum absolute atomic E-state index is 12.9. The normalized spacial score (nSPS) is 18.5. The number of nitrogens with one attached hydrogen (secondary N) is 2. The van der Waals surface area contributed by atoms with Crippen molar-refractivity contribution in [2.75, 3.05) is 49.4 Å². The highest BCUT2D eigenvalue weighted by atomic mass is 35.5. The second-order valence-corrected chi connectivity index (χ2v) is 12.2. The number of alkyl halides is 3. The van der Waals surface area contributed by atoms with Crippen LogP contribution in [0.3, 0.4) is 0 Å². The summed E-state index contributed by atoms with van der Waals surface area (Å²) in [5.74, 6) is -0.277. The zero-order valence-electron chi connectivity index (χ0n) is 25.5.